The van der Waals surface area contributed by atoms with Crippen LogP contribution in [-0.4, -0.2) is 83.2 Å². The number of pyridine rings is 1. The molecule has 0 bridgehead atoms. The Labute approximate surface area is 252 Å². The van der Waals surface area contributed by atoms with E-state index in [0.29, 0.717) is 50.5 Å². The van der Waals surface area contributed by atoms with Gasteiger partial charge in [0.05, 0.1) is 12.2 Å². The van der Waals surface area contributed by atoms with E-state index in [4.69, 9.17) is 4.74 Å². The lowest BCUT2D eigenvalue weighted by molar-refractivity contribution is -0.150. The van der Waals surface area contributed by atoms with Gasteiger partial charge >= 0.3 is 5.97 Å². The van der Waals surface area contributed by atoms with Crippen LogP contribution in [0.3, 0.4) is 0 Å². The third kappa shape index (κ3) is 7.91. The lowest BCUT2D eigenvalue weighted by atomic mass is 9.89. The highest BCUT2D eigenvalue weighted by Crippen LogP contribution is 2.30. The van der Waals surface area contributed by atoms with Crippen molar-refractivity contribution in [2.24, 2.45) is 5.92 Å². The number of hydrogen-bond donors (Lipinski definition) is 0. The smallest absolute Gasteiger partial charge is 0.327 e. The number of halogens is 1. The Bertz CT molecular complexity index is 1370. The summed E-state index contributed by atoms with van der Waals surface area (Å²) in [5.74, 6) is -0.400. The van der Waals surface area contributed by atoms with Crippen LogP contribution in [0.15, 0.2) is 72.9 Å². The molecule has 3 heterocycles. The molecule has 0 radical (unpaired) electrons. The zero-order valence-electron chi connectivity index (χ0n) is 24.7. The molecule has 1 atom stereocenters. The number of hydrogen-bond acceptors (Lipinski definition) is 7. The van der Waals surface area contributed by atoms with Crippen molar-refractivity contribution < 1.29 is 23.5 Å². The second-order valence-electron chi connectivity index (χ2n) is 11.3. The van der Waals surface area contributed by atoms with E-state index in [-0.39, 0.29) is 29.4 Å². The van der Waals surface area contributed by atoms with Crippen molar-refractivity contribution in [2.75, 3.05) is 45.9 Å². The standard InChI is InChI=1S/C34H39FN4O4/c1-2-43-34(42)32(27-6-4-3-5-7-27)38-16-14-25(15-17-38)22-31(40)30-13-10-28(23-36-30)33(41)39-20-18-37(19-21-39)24-26-8-11-29(35)12-9-26/h3-13,23,25,32H,2,14-22,24H2,1H3. The van der Waals surface area contributed by atoms with Gasteiger partial charge in [-0.2, -0.15) is 0 Å². The molecule has 8 nitrogen and oxygen atoms in total. The number of piperidine rings is 1. The highest BCUT2D eigenvalue weighted by atomic mass is 19.1. The SMILES string of the molecule is CCOC(=O)C(c1ccccc1)N1CCC(CC(=O)c2ccc(C(=O)N3CCN(Cc4ccc(F)cc4)CC3)cn2)CC1. The number of amides is 1. The van der Waals surface area contributed by atoms with Gasteiger partial charge < -0.3 is 9.64 Å². The van der Waals surface area contributed by atoms with Crippen LogP contribution >= 0.6 is 0 Å². The van der Waals surface area contributed by atoms with Crippen molar-refractivity contribution in [1.82, 2.24) is 19.7 Å². The predicted molar refractivity (Wildman–Crippen MR) is 161 cm³/mol. The normalized spacial score (nSPS) is 17.4. The van der Waals surface area contributed by atoms with Gasteiger partial charge in [-0.3, -0.25) is 24.4 Å². The summed E-state index contributed by atoms with van der Waals surface area (Å²) >= 11 is 0. The Morgan fingerprint density at radius 2 is 1.60 bits per heavy atom. The van der Waals surface area contributed by atoms with Crippen molar-refractivity contribution in [1.29, 1.82) is 0 Å². The summed E-state index contributed by atoms with van der Waals surface area (Å²) in [6.45, 7) is 6.94. The quantitative estimate of drug-likeness (QED) is 0.250. The van der Waals surface area contributed by atoms with Gasteiger partial charge in [-0.1, -0.05) is 42.5 Å². The van der Waals surface area contributed by atoms with E-state index < -0.39 is 6.04 Å². The topological polar surface area (TPSA) is 83.0 Å². The molecule has 0 saturated carbocycles. The molecule has 2 fully saturated rings. The highest BCUT2D eigenvalue weighted by Gasteiger charge is 2.33. The summed E-state index contributed by atoms with van der Waals surface area (Å²) in [4.78, 5) is 49.5. The van der Waals surface area contributed by atoms with Crippen molar-refractivity contribution in [2.45, 2.75) is 38.8 Å². The van der Waals surface area contributed by atoms with Gasteiger partial charge in [0, 0.05) is 45.3 Å². The average Bonchev–Trinajstić information content (AvgIpc) is 3.04. The Hall–Kier alpha value is -3.95. The second-order valence-corrected chi connectivity index (χ2v) is 11.3. The van der Waals surface area contributed by atoms with Crippen molar-refractivity contribution in [3.63, 3.8) is 0 Å². The molecular formula is C34H39FN4O4. The van der Waals surface area contributed by atoms with Crippen molar-refractivity contribution in [3.8, 4) is 0 Å². The summed E-state index contributed by atoms with van der Waals surface area (Å²) in [5, 5.41) is 0. The van der Waals surface area contributed by atoms with Gasteiger partial charge in [-0.05, 0) is 74.2 Å². The van der Waals surface area contributed by atoms with Crippen LogP contribution in [0.25, 0.3) is 0 Å². The molecule has 2 aliphatic heterocycles. The van der Waals surface area contributed by atoms with Gasteiger partial charge in [0.15, 0.2) is 5.78 Å². The molecule has 226 valence electrons. The summed E-state index contributed by atoms with van der Waals surface area (Å²) in [6, 6.07) is 19.1. The third-order valence-corrected chi connectivity index (χ3v) is 8.39. The fraction of sp³-hybridized carbons (Fsp3) is 0.412. The Morgan fingerprint density at radius 3 is 2.23 bits per heavy atom. The number of nitrogens with zero attached hydrogens (tertiary/aromatic N) is 4. The first-order chi connectivity index (χ1) is 20.9. The maximum atomic E-state index is 13.2. The number of esters is 1. The van der Waals surface area contributed by atoms with Crippen LogP contribution in [0.2, 0.25) is 0 Å². The van der Waals surface area contributed by atoms with Crippen LogP contribution in [0, 0.1) is 11.7 Å². The zero-order valence-corrected chi connectivity index (χ0v) is 24.7. The summed E-state index contributed by atoms with van der Waals surface area (Å²) < 4.78 is 18.5. The molecule has 3 aromatic rings. The van der Waals surface area contributed by atoms with E-state index in [9.17, 15) is 18.8 Å². The van der Waals surface area contributed by atoms with Gasteiger partial charge in [-0.15, -0.1) is 0 Å². The molecule has 2 aromatic carbocycles. The minimum Gasteiger partial charge on any atom is -0.465 e. The van der Waals surface area contributed by atoms with Gasteiger partial charge in [-0.25, -0.2) is 9.18 Å². The summed E-state index contributed by atoms with van der Waals surface area (Å²) in [6.07, 6.45) is 3.50. The fourth-order valence-corrected chi connectivity index (χ4v) is 5.96. The number of piperazine rings is 1. The van der Waals surface area contributed by atoms with Gasteiger partial charge in [0.2, 0.25) is 0 Å². The van der Waals surface area contributed by atoms with Crippen LogP contribution in [0.4, 0.5) is 4.39 Å². The number of carbonyl (C=O) groups excluding carboxylic acids is 3. The van der Waals surface area contributed by atoms with Gasteiger partial charge in [0.1, 0.15) is 17.6 Å². The number of rotatable bonds is 10. The number of carbonyl (C=O) groups is 3. The maximum absolute atomic E-state index is 13.2. The first-order valence-corrected chi connectivity index (χ1v) is 15.1. The minimum absolute atomic E-state index is 0.0307. The van der Waals surface area contributed by atoms with Crippen LogP contribution in [0.5, 0.6) is 0 Å². The first-order valence-electron chi connectivity index (χ1n) is 15.1. The first kappa shape index (κ1) is 30.5. The van der Waals surface area contributed by atoms with Crippen LogP contribution in [-0.2, 0) is 16.1 Å². The van der Waals surface area contributed by atoms with Crippen LogP contribution < -0.4 is 0 Å². The number of benzene rings is 2. The zero-order chi connectivity index (χ0) is 30.2. The van der Waals surface area contributed by atoms with E-state index in [0.717, 1.165) is 43.6 Å². The molecule has 0 spiro atoms. The third-order valence-electron chi connectivity index (χ3n) is 8.39. The Kier molecular flexibility index (Phi) is 10.3. The predicted octanol–water partition coefficient (Wildman–Crippen LogP) is 4.77. The van der Waals surface area contributed by atoms with E-state index in [2.05, 4.69) is 14.8 Å². The number of likely N-dealkylation sites (tertiary alicyclic amines) is 1. The molecule has 1 aromatic heterocycles. The van der Waals surface area contributed by atoms with E-state index in [1.54, 1.807) is 24.3 Å². The Morgan fingerprint density at radius 1 is 0.907 bits per heavy atom. The molecule has 43 heavy (non-hydrogen) atoms. The minimum atomic E-state index is -0.442. The number of Topliss-reactive ketones (excluding diaryl/α,β-unsaturated/α-hetero) is 1. The molecule has 5 rings (SSSR count). The van der Waals surface area contributed by atoms with E-state index in [1.165, 1.54) is 18.3 Å². The molecule has 1 unspecified atom stereocenters. The summed E-state index contributed by atoms with van der Waals surface area (Å²) in [5.41, 5.74) is 2.81. The Balaban J connectivity index is 1.09. The van der Waals surface area contributed by atoms with E-state index in [1.807, 2.05) is 42.2 Å². The van der Waals surface area contributed by atoms with Crippen molar-refractivity contribution >= 4 is 17.7 Å². The monoisotopic (exact) mass is 586 g/mol. The molecule has 2 aliphatic rings. The largest absolute Gasteiger partial charge is 0.465 e. The second kappa shape index (κ2) is 14.5. The molecule has 0 aliphatic carbocycles. The molecule has 9 heteroatoms. The lowest BCUT2D eigenvalue weighted by Crippen LogP contribution is -2.48. The number of ketones is 1. The summed E-state index contributed by atoms with van der Waals surface area (Å²) in [7, 11) is 0. The highest BCUT2D eigenvalue weighted by molar-refractivity contribution is 5.97. The average molecular weight is 587 g/mol. The fourth-order valence-electron chi connectivity index (χ4n) is 5.96. The lowest BCUT2D eigenvalue weighted by Gasteiger charge is -2.36. The van der Waals surface area contributed by atoms with Crippen molar-refractivity contribution in [3.05, 3.63) is 101 Å². The number of aromatic nitrogens is 1. The maximum Gasteiger partial charge on any atom is 0.327 e. The molecule has 0 N–H and O–H groups in total. The van der Waals surface area contributed by atoms with Gasteiger partial charge in [0.25, 0.3) is 5.91 Å². The van der Waals surface area contributed by atoms with E-state index >= 15 is 0 Å². The van der Waals surface area contributed by atoms with Crippen LogP contribution in [0.1, 0.15) is 64.2 Å². The molecule has 2 saturated heterocycles. The molecular weight excluding hydrogens is 547 g/mol. The number of ether oxygens (including phenoxy) is 1. The molecule has 1 amide bonds.